The molecule has 0 fully saturated rings. The summed E-state index contributed by atoms with van der Waals surface area (Å²) in [4.78, 5) is 34.1. The Kier molecular flexibility index (Phi) is 5.94. The normalized spacial score (nSPS) is 11.0. The first-order chi connectivity index (χ1) is 17.3. The average molecular weight is 509 g/mol. The Balaban J connectivity index is 1.39. The predicted molar refractivity (Wildman–Crippen MR) is 126 cm³/mol. The number of carbonyl (C=O) groups excluding carboxylic acids is 1. The maximum Gasteiger partial charge on any atom is 0.276 e. The van der Waals surface area contributed by atoms with Crippen LogP contribution in [0.3, 0.4) is 0 Å². The minimum Gasteiger partial charge on any atom is -0.435 e. The lowest BCUT2D eigenvalue weighted by Gasteiger charge is -2.12. The average Bonchev–Trinajstić information content (AvgIpc) is 3.33. The highest BCUT2D eigenvalue weighted by Gasteiger charge is 2.17. The lowest BCUT2D eigenvalue weighted by Crippen LogP contribution is -2.26. The fraction of sp³-hybridized carbons (Fsp3) is 0.0417. The van der Waals surface area contributed by atoms with Crippen LogP contribution in [0.2, 0.25) is 0 Å². The zero-order chi connectivity index (χ0) is 25.4. The molecule has 8 nitrogen and oxygen atoms in total. The first-order valence-corrected chi connectivity index (χ1v) is 11.2. The summed E-state index contributed by atoms with van der Waals surface area (Å²) in [7, 11) is 0. The van der Waals surface area contributed by atoms with Gasteiger partial charge in [-0.1, -0.05) is 0 Å². The number of hydrogen-bond donors (Lipinski definition) is 1. The molecule has 180 valence electrons. The quantitative estimate of drug-likeness (QED) is 0.358. The monoisotopic (exact) mass is 509 g/mol. The third-order valence-corrected chi connectivity index (χ3v) is 5.93. The molecule has 0 saturated heterocycles. The van der Waals surface area contributed by atoms with Gasteiger partial charge in [0, 0.05) is 23.9 Å². The van der Waals surface area contributed by atoms with E-state index in [1.165, 1.54) is 36.7 Å². The molecular formula is C24H14F3N5O3S. The highest BCUT2D eigenvalue weighted by Crippen LogP contribution is 2.31. The standard InChI is InChI=1S/C24H14F3N5O3S/c1-12-8-20(33)32(14-3-4-16(25)17(26)10-14)31-21(12)22(34)30-13-2-5-19(18(27)9-13)35-23-15-6-7-36-24(15)29-11-28-23/h2-11H,1H3,(H,30,34). The summed E-state index contributed by atoms with van der Waals surface area (Å²) in [5, 5.41) is 8.95. The van der Waals surface area contributed by atoms with Gasteiger partial charge < -0.3 is 10.1 Å². The van der Waals surface area contributed by atoms with Crippen molar-refractivity contribution in [2.45, 2.75) is 6.92 Å². The van der Waals surface area contributed by atoms with Gasteiger partial charge in [0.2, 0.25) is 5.88 Å². The van der Waals surface area contributed by atoms with E-state index in [0.717, 1.165) is 35.0 Å². The van der Waals surface area contributed by atoms with E-state index in [1.807, 2.05) is 5.38 Å². The first-order valence-electron chi connectivity index (χ1n) is 10.3. The molecule has 0 bridgehead atoms. The van der Waals surface area contributed by atoms with Gasteiger partial charge >= 0.3 is 0 Å². The summed E-state index contributed by atoms with van der Waals surface area (Å²) in [6.45, 7) is 1.49. The Morgan fingerprint density at radius 2 is 1.83 bits per heavy atom. The number of nitrogens with one attached hydrogen (secondary N) is 1. The SMILES string of the molecule is Cc1cc(=O)n(-c2ccc(F)c(F)c2)nc1C(=O)Nc1ccc(Oc2ncnc3sccc23)c(F)c1. The van der Waals surface area contributed by atoms with E-state index in [-0.39, 0.29) is 34.3 Å². The zero-order valence-electron chi connectivity index (χ0n) is 18.3. The number of benzene rings is 2. The molecule has 0 aliphatic rings. The molecule has 0 aliphatic heterocycles. The number of anilines is 1. The van der Waals surface area contributed by atoms with Crippen molar-refractivity contribution >= 4 is 33.1 Å². The molecule has 3 heterocycles. The van der Waals surface area contributed by atoms with Crippen molar-refractivity contribution in [2.75, 3.05) is 5.32 Å². The van der Waals surface area contributed by atoms with Gasteiger partial charge in [-0.25, -0.2) is 23.1 Å². The van der Waals surface area contributed by atoms with E-state index in [2.05, 4.69) is 20.4 Å². The van der Waals surface area contributed by atoms with Crippen LogP contribution in [0, 0.1) is 24.4 Å². The van der Waals surface area contributed by atoms with Crippen LogP contribution in [0.15, 0.2) is 65.0 Å². The van der Waals surface area contributed by atoms with Crippen molar-refractivity contribution in [3.05, 3.63) is 99.3 Å². The van der Waals surface area contributed by atoms with Crippen molar-refractivity contribution in [2.24, 2.45) is 0 Å². The number of carbonyl (C=O) groups is 1. The number of aromatic nitrogens is 4. The number of amides is 1. The van der Waals surface area contributed by atoms with Crippen LogP contribution in [0.1, 0.15) is 16.1 Å². The van der Waals surface area contributed by atoms with Crippen LogP contribution in [-0.2, 0) is 0 Å². The summed E-state index contributed by atoms with van der Waals surface area (Å²) in [5.41, 5.74) is -0.543. The van der Waals surface area contributed by atoms with E-state index < -0.39 is 28.9 Å². The molecule has 2 aromatic carbocycles. The van der Waals surface area contributed by atoms with E-state index in [4.69, 9.17) is 4.74 Å². The maximum absolute atomic E-state index is 14.8. The highest BCUT2D eigenvalue weighted by molar-refractivity contribution is 7.16. The molecule has 0 aliphatic carbocycles. The minimum atomic E-state index is -1.17. The molecule has 1 amide bonds. The Morgan fingerprint density at radius 1 is 1.00 bits per heavy atom. The molecule has 0 radical (unpaired) electrons. The molecule has 0 saturated carbocycles. The molecule has 0 atom stereocenters. The summed E-state index contributed by atoms with van der Waals surface area (Å²) in [6.07, 6.45) is 1.32. The van der Waals surface area contributed by atoms with Crippen molar-refractivity contribution in [1.29, 1.82) is 0 Å². The second kappa shape index (κ2) is 9.23. The number of halogens is 3. The summed E-state index contributed by atoms with van der Waals surface area (Å²) in [6, 6.07) is 9.48. The van der Waals surface area contributed by atoms with Gasteiger partial charge in [0.05, 0.1) is 11.1 Å². The fourth-order valence-electron chi connectivity index (χ4n) is 3.37. The number of rotatable bonds is 5. The summed E-state index contributed by atoms with van der Waals surface area (Å²) >= 11 is 1.39. The molecule has 0 spiro atoms. The molecule has 5 aromatic rings. The lowest BCUT2D eigenvalue weighted by molar-refractivity contribution is 0.102. The number of hydrogen-bond acceptors (Lipinski definition) is 7. The van der Waals surface area contributed by atoms with Crippen LogP contribution < -0.4 is 15.6 Å². The molecule has 3 aromatic heterocycles. The largest absolute Gasteiger partial charge is 0.435 e. The molecular weight excluding hydrogens is 495 g/mol. The number of aryl methyl sites for hydroxylation is 1. The topological polar surface area (TPSA) is 99.0 Å². The molecule has 1 N–H and O–H groups in total. The van der Waals surface area contributed by atoms with Gasteiger partial charge in [-0.2, -0.15) is 9.78 Å². The van der Waals surface area contributed by atoms with Gasteiger partial charge in [-0.15, -0.1) is 11.3 Å². The van der Waals surface area contributed by atoms with E-state index in [1.54, 1.807) is 6.07 Å². The number of thiophene rings is 1. The Labute approximate surface area is 204 Å². The van der Waals surface area contributed by atoms with Crippen LogP contribution in [0.4, 0.5) is 18.9 Å². The third-order valence-electron chi connectivity index (χ3n) is 5.11. The molecule has 12 heteroatoms. The number of nitrogens with zero attached hydrogens (tertiary/aromatic N) is 4. The van der Waals surface area contributed by atoms with Gasteiger partial charge in [-0.3, -0.25) is 9.59 Å². The molecule has 5 rings (SSSR count). The van der Waals surface area contributed by atoms with Gasteiger partial charge in [-0.05, 0) is 48.2 Å². The third kappa shape index (κ3) is 4.41. The van der Waals surface area contributed by atoms with Crippen molar-refractivity contribution in [3.63, 3.8) is 0 Å². The molecule has 0 unspecified atom stereocenters. The second-order valence-electron chi connectivity index (χ2n) is 7.54. The lowest BCUT2D eigenvalue weighted by atomic mass is 10.2. The Hall–Kier alpha value is -4.58. The number of ether oxygens (including phenoxy) is 1. The minimum absolute atomic E-state index is 0.0649. The fourth-order valence-corrected chi connectivity index (χ4v) is 4.10. The smallest absolute Gasteiger partial charge is 0.276 e. The maximum atomic E-state index is 14.8. The predicted octanol–water partition coefficient (Wildman–Crippen LogP) is 5.01. The van der Waals surface area contributed by atoms with E-state index in [0.29, 0.717) is 10.2 Å². The Bertz CT molecular complexity index is 1700. The molecule has 36 heavy (non-hydrogen) atoms. The van der Waals surface area contributed by atoms with Crippen LogP contribution in [-0.4, -0.2) is 25.7 Å². The van der Waals surface area contributed by atoms with E-state index in [9.17, 15) is 22.8 Å². The summed E-state index contributed by atoms with van der Waals surface area (Å²) in [5.74, 6) is -3.69. The van der Waals surface area contributed by atoms with Gasteiger partial charge in [0.1, 0.15) is 11.2 Å². The summed E-state index contributed by atoms with van der Waals surface area (Å²) < 4.78 is 48.0. The Morgan fingerprint density at radius 3 is 2.61 bits per heavy atom. The van der Waals surface area contributed by atoms with Crippen LogP contribution >= 0.6 is 11.3 Å². The van der Waals surface area contributed by atoms with Gasteiger partial charge in [0.15, 0.2) is 28.9 Å². The van der Waals surface area contributed by atoms with Crippen LogP contribution in [0.5, 0.6) is 11.6 Å². The number of fused-ring (bicyclic) bond motifs is 1. The first kappa shape index (κ1) is 23.2. The van der Waals surface area contributed by atoms with Gasteiger partial charge in [0.25, 0.3) is 11.5 Å². The van der Waals surface area contributed by atoms with Crippen molar-refractivity contribution in [1.82, 2.24) is 19.7 Å². The van der Waals surface area contributed by atoms with E-state index >= 15 is 0 Å². The highest BCUT2D eigenvalue weighted by atomic mass is 32.1. The van der Waals surface area contributed by atoms with Crippen molar-refractivity contribution in [3.8, 4) is 17.3 Å². The zero-order valence-corrected chi connectivity index (χ0v) is 19.1. The van der Waals surface area contributed by atoms with Crippen molar-refractivity contribution < 1.29 is 22.7 Å². The van der Waals surface area contributed by atoms with Crippen LogP contribution in [0.25, 0.3) is 15.9 Å². The second-order valence-corrected chi connectivity index (χ2v) is 8.44.